The van der Waals surface area contributed by atoms with Crippen molar-refractivity contribution in [1.82, 2.24) is 4.72 Å². The van der Waals surface area contributed by atoms with Gasteiger partial charge in [-0.15, -0.1) is 11.6 Å². The molecule has 0 amide bonds. The minimum absolute atomic E-state index is 0.0799. The second kappa shape index (κ2) is 4.08. The summed E-state index contributed by atoms with van der Waals surface area (Å²) in [5, 5.41) is 0. The Morgan fingerprint density at radius 3 is 2.73 bits per heavy atom. The molecule has 0 atom stereocenters. The number of halogens is 2. The smallest absolute Gasteiger partial charge is 0.245 e. The molecule has 0 aromatic carbocycles. The van der Waals surface area contributed by atoms with E-state index in [-0.39, 0.29) is 21.5 Å². The fraction of sp³-hybridized carbons (Fsp3) is 0.500. The molecule has 0 unspecified atom stereocenters. The first-order valence-electron chi connectivity index (χ1n) is 4.39. The van der Waals surface area contributed by atoms with E-state index in [2.05, 4.69) is 20.7 Å². The lowest BCUT2D eigenvalue weighted by Crippen LogP contribution is -2.25. The van der Waals surface area contributed by atoms with Crippen LogP contribution in [0, 0.1) is 0 Å². The van der Waals surface area contributed by atoms with Crippen LogP contribution in [0.2, 0.25) is 0 Å². The normalized spacial score (nSPS) is 16.9. The Morgan fingerprint density at radius 1 is 1.60 bits per heavy atom. The van der Waals surface area contributed by atoms with Gasteiger partial charge in [-0.2, -0.15) is 0 Å². The summed E-state index contributed by atoms with van der Waals surface area (Å²) in [4.78, 5) is 0.116. The summed E-state index contributed by atoms with van der Waals surface area (Å²) < 4.78 is 31.5. The zero-order chi connectivity index (χ0) is 11.1. The molecule has 1 aromatic heterocycles. The molecule has 1 aromatic rings. The summed E-state index contributed by atoms with van der Waals surface area (Å²) in [6.45, 7) is 0. The molecule has 1 heterocycles. The Kier molecular flexibility index (Phi) is 3.12. The molecule has 15 heavy (non-hydrogen) atoms. The first kappa shape index (κ1) is 11.4. The highest BCUT2D eigenvalue weighted by atomic mass is 79.9. The third kappa shape index (κ3) is 2.55. The van der Waals surface area contributed by atoms with Crippen molar-refractivity contribution in [3.05, 3.63) is 16.5 Å². The van der Waals surface area contributed by atoms with Gasteiger partial charge < -0.3 is 4.42 Å². The molecule has 1 fully saturated rings. The lowest BCUT2D eigenvalue weighted by Gasteiger charge is -2.01. The molecule has 2 rings (SSSR count). The second-order valence-electron chi connectivity index (χ2n) is 3.38. The van der Waals surface area contributed by atoms with Crippen LogP contribution < -0.4 is 4.72 Å². The molecule has 0 spiro atoms. The van der Waals surface area contributed by atoms with Crippen LogP contribution >= 0.6 is 27.5 Å². The molecule has 0 aliphatic heterocycles. The molecule has 1 aliphatic carbocycles. The average Bonchev–Trinajstić information content (AvgIpc) is 2.85. The highest BCUT2D eigenvalue weighted by Crippen LogP contribution is 2.29. The minimum Gasteiger partial charge on any atom is -0.452 e. The minimum atomic E-state index is -3.47. The van der Waals surface area contributed by atoms with Crippen LogP contribution in [0.15, 0.2) is 20.0 Å². The maximum Gasteiger partial charge on any atom is 0.245 e. The van der Waals surface area contributed by atoms with Gasteiger partial charge in [0.2, 0.25) is 10.0 Å². The molecular formula is C8H9BrClNO3S. The molecule has 4 nitrogen and oxygen atoms in total. The van der Waals surface area contributed by atoms with Gasteiger partial charge in [0.15, 0.2) is 4.67 Å². The van der Waals surface area contributed by atoms with Crippen molar-refractivity contribution in [3.63, 3.8) is 0 Å². The maximum absolute atomic E-state index is 11.8. The lowest BCUT2D eigenvalue weighted by molar-refractivity contribution is 0.497. The van der Waals surface area contributed by atoms with Gasteiger partial charge in [-0.3, -0.25) is 0 Å². The van der Waals surface area contributed by atoms with Gasteiger partial charge >= 0.3 is 0 Å². The van der Waals surface area contributed by atoms with Crippen molar-refractivity contribution in [2.75, 3.05) is 0 Å². The number of hydrogen-bond acceptors (Lipinski definition) is 3. The van der Waals surface area contributed by atoms with Crippen molar-refractivity contribution in [1.29, 1.82) is 0 Å². The van der Waals surface area contributed by atoms with E-state index < -0.39 is 10.0 Å². The largest absolute Gasteiger partial charge is 0.452 e. The third-order valence-corrected chi connectivity index (χ3v) is 4.67. The lowest BCUT2D eigenvalue weighted by atomic mass is 10.5. The van der Waals surface area contributed by atoms with Gasteiger partial charge in [0.1, 0.15) is 10.7 Å². The van der Waals surface area contributed by atoms with Gasteiger partial charge in [-0.05, 0) is 28.8 Å². The number of hydrogen-bond donors (Lipinski definition) is 1. The summed E-state index contributed by atoms with van der Waals surface area (Å²) in [7, 11) is -3.47. The molecule has 7 heteroatoms. The Balaban J connectivity index is 2.30. The Hall–Kier alpha value is -0.0400. The Bertz CT molecular complexity index is 466. The van der Waals surface area contributed by atoms with Gasteiger partial charge in [-0.25, -0.2) is 13.1 Å². The molecule has 0 bridgehead atoms. The average molecular weight is 315 g/mol. The predicted octanol–water partition coefficient (Wildman–Crippen LogP) is 2.22. The standard InChI is InChI=1S/C8H9BrClNO3S/c9-8-7(3-6(4-10)14-8)15(12,13)11-5-1-2-5/h3,5,11H,1-2,4H2. The highest BCUT2D eigenvalue weighted by Gasteiger charge is 2.30. The van der Waals surface area contributed by atoms with E-state index in [4.69, 9.17) is 16.0 Å². The van der Waals surface area contributed by atoms with Crippen LogP contribution in [0.3, 0.4) is 0 Å². The van der Waals surface area contributed by atoms with Crippen LogP contribution in [-0.4, -0.2) is 14.5 Å². The Labute approximate surface area is 101 Å². The molecule has 84 valence electrons. The number of furan rings is 1. The van der Waals surface area contributed by atoms with Crippen molar-refractivity contribution in [3.8, 4) is 0 Å². The van der Waals surface area contributed by atoms with E-state index >= 15 is 0 Å². The van der Waals surface area contributed by atoms with Crippen molar-refractivity contribution >= 4 is 37.6 Å². The molecular weight excluding hydrogens is 306 g/mol. The number of sulfonamides is 1. The highest BCUT2D eigenvalue weighted by molar-refractivity contribution is 9.10. The van der Waals surface area contributed by atoms with Crippen LogP contribution in [0.25, 0.3) is 0 Å². The first-order chi connectivity index (χ1) is 7.03. The molecule has 1 N–H and O–H groups in total. The zero-order valence-corrected chi connectivity index (χ0v) is 10.8. The van der Waals surface area contributed by atoms with Crippen molar-refractivity contribution in [2.45, 2.75) is 29.7 Å². The molecule has 0 radical (unpaired) electrons. The van der Waals surface area contributed by atoms with E-state index in [1.54, 1.807) is 0 Å². The van der Waals surface area contributed by atoms with E-state index in [1.165, 1.54) is 6.07 Å². The number of rotatable bonds is 4. The van der Waals surface area contributed by atoms with E-state index in [0.29, 0.717) is 5.76 Å². The fourth-order valence-electron chi connectivity index (χ4n) is 1.13. The van der Waals surface area contributed by atoms with Crippen molar-refractivity contribution < 1.29 is 12.8 Å². The van der Waals surface area contributed by atoms with Gasteiger partial charge in [-0.1, -0.05) is 0 Å². The summed E-state index contributed by atoms with van der Waals surface area (Å²) in [6.07, 6.45) is 1.80. The third-order valence-electron chi connectivity index (χ3n) is 2.03. The van der Waals surface area contributed by atoms with Gasteiger partial charge in [0, 0.05) is 12.1 Å². The summed E-state index contributed by atoms with van der Waals surface area (Å²) >= 11 is 8.61. The number of alkyl halides is 1. The summed E-state index contributed by atoms with van der Waals surface area (Å²) in [5.41, 5.74) is 0. The topological polar surface area (TPSA) is 59.3 Å². The maximum atomic E-state index is 11.8. The van der Waals surface area contributed by atoms with Crippen LogP contribution in [0.5, 0.6) is 0 Å². The first-order valence-corrected chi connectivity index (χ1v) is 7.20. The van der Waals surface area contributed by atoms with Crippen molar-refractivity contribution in [2.24, 2.45) is 0 Å². The van der Waals surface area contributed by atoms with E-state index in [9.17, 15) is 8.42 Å². The monoisotopic (exact) mass is 313 g/mol. The molecule has 0 saturated heterocycles. The number of nitrogens with one attached hydrogen (secondary N) is 1. The molecule has 1 aliphatic rings. The predicted molar refractivity (Wildman–Crippen MR) is 59.3 cm³/mol. The van der Waals surface area contributed by atoms with Gasteiger partial charge in [0.05, 0.1) is 5.88 Å². The van der Waals surface area contributed by atoms with Gasteiger partial charge in [0.25, 0.3) is 0 Å². The van der Waals surface area contributed by atoms with Crippen LogP contribution in [0.1, 0.15) is 18.6 Å². The SMILES string of the molecule is O=S(=O)(NC1CC1)c1cc(CCl)oc1Br. The summed E-state index contributed by atoms with van der Waals surface area (Å²) in [5.74, 6) is 0.581. The van der Waals surface area contributed by atoms with E-state index in [0.717, 1.165) is 12.8 Å². The van der Waals surface area contributed by atoms with Crippen LogP contribution in [-0.2, 0) is 15.9 Å². The van der Waals surface area contributed by atoms with E-state index in [1.807, 2.05) is 0 Å². The second-order valence-corrected chi connectivity index (χ2v) is 6.05. The zero-order valence-electron chi connectivity index (χ0n) is 7.66. The Morgan fingerprint density at radius 2 is 2.27 bits per heavy atom. The molecule has 1 saturated carbocycles. The quantitative estimate of drug-likeness (QED) is 0.867. The fourth-order valence-corrected chi connectivity index (χ4v) is 3.57. The summed E-state index contributed by atoms with van der Waals surface area (Å²) in [6, 6.07) is 1.51. The van der Waals surface area contributed by atoms with Crippen LogP contribution in [0.4, 0.5) is 0 Å².